The monoisotopic (exact) mass is 582 g/mol. The van der Waals surface area contributed by atoms with E-state index in [1.807, 2.05) is 0 Å². The standard InChI is InChI=1S/C36H54O6/c1(3-9-27-39-35-13-5-11-29-41-35)7-25-37-33-21-17-31(18-22-33)15-16-32-19-23-34(24-20-32)38-26-8-2-4-10-28-40-36-14-6-12-30-42-36/h17-24,35-36H,1-16,25-30H2. The highest BCUT2D eigenvalue weighted by Gasteiger charge is 2.14. The molecule has 0 bridgehead atoms. The molecule has 2 atom stereocenters. The molecule has 2 aromatic carbocycles. The maximum absolute atomic E-state index is 5.95. The van der Waals surface area contributed by atoms with Crippen molar-refractivity contribution in [2.24, 2.45) is 0 Å². The highest BCUT2D eigenvalue weighted by molar-refractivity contribution is 5.30. The Kier molecular flexibility index (Phi) is 16.2. The molecule has 42 heavy (non-hydrogen) atoms. The minimum absolute atomic E-state index is 0.0362. The molecule has 2 aliphatic rings. The van der Waals surface area contributed by atoms with Gasteiger partial charge in [0.25, 0.3) is 0 Å². The third kappa shape index (κ3) is 13.9. The number of benzene rings is 2. The van der Waals surface area contributed by atoms with Crippen LogP contribution in [0.1, 0.15) is 101 Å². The first kappa shape index (κ1) is 32.8. The Morgan fingerprint density at radius 1 is 0.476 bits per heavy atom. The molecule has 2 heterocycles. The summed E-state index contributed by atoms with van der Waals surface area (Å²) < 4.78 is 34.7. The zero-order chi connectivity index (χ0) is 28.9. The van der Waals surface area contributed by atoms with E-state index >= 15 is 0 Å². The zero-order valence-electron chi connectivity index (χ0n) is 25.8. The molecule has 6 heteroatoms. The SMILES string of the molecule is c1cc(OCCCCCCOC2CCCCO2)ccc1CCc1ccc(OCCCCCCOC2CCCCO2)cc1. The number of unbranched alkanes of at least 4 members (excludes halogenated alkanes) is 6. The van der Waals surface area contributed by atoms with E-state index in [4.69, 9.17) is 28.4 Å². The van der Waals surface area contributed by atoms with Crippen molar-refractivity contribution in [3.8, 4) is 11.5 Å². The lowest BCUT2D eigenvalue weighted by Crippen LogP contribution is -2.22. The van der Waals surface area contributed by atoms with Crippen LogP contribution >= 0.6 is 0 Å². The smallest absolute Gasteiger partial charge is 0.157 e. The number of aryl methyl sites for hydroxylation is 2. The van der Waals surface area contributed by atoms with Crippen LogP contribution in [0.15, 0.2) is 48.5 Å². The van der Waals surface area contributed by atoms with Gasteiger partial charge in [-0.3, -0.25) is 0 Å². The summed E-state index contributed by atoms with van der Waals surface area (Å²) in [5.41, 5.74) is 2.67. The van der Waals surface area contributed by atoms with Crippen molar-refractivity contribution in [1.82, 2.24) is 0 Å². The number of hydrogen-bond donors (Lipinski definition) is 0. The Bertz CT molecular complexity index is 841. The van der Waals surface area contributed by atoms with Crippen LogP contribution in [0.25, 0.3) is 0 Å². The van der Waals surface area contributed by atoms with Gasteiger partial charge in [0.2, 0.25) is 0 Å². The van der Waals surface area contributed by atoms with Crippen molar-refractivity contribution in [2.45, 2.75) is 115 Å². The van der Waals surface area contributed by atoms with E-state index in [1.54, 1.807) is 0 Å². The van der Waals surface area contributed by atoms with Gasteiger partial charge in [-0.15, -0.1) is 0 Å². The van der Waals surface area contributed by atoms with Crippen molar-refractivity contribution in [2.75, 3.05) is 39.6 Å². The Labute approximate surface area is 254 Å². The van der Waals surface area contributed by atoms with Gasteiger partial charge in [0.05, 0.1) is 13.2 Å². The second-order valence-corrected chi connectivity index (χ2v) is 11.6. The van der Waals surface area contributed by atoms with Crippen molar-refractivity contribution < 1.29 is 28.4 Å². The molecule has 0 spiro atoms. The Morgan fingerprint density at radius 3 is 1.26 bits per heavy atom. The summed E-state index contributed by atoms with van der Waals surface area (Å²) in [5.74, 6) is 1.92. The van der Waals surface area contributed by atoms with Gasteiger partial charge in [0, 0.05) is 26.4 Å². The van der Waals surface area contributed by atoms with Crippen LogP contribution < -0.4 is 9.47 Å². The number of ether oxygens (including phenoxy) is 6. The summed E-state index contributed by atoms with van der Waals surface area (Å²) in [6.07, 6.45) is 18.0. The summed E-state index contributed by atoms with van der Waals surface area (Å²) in [4.78, 5) is 0. The first-order valence-electron chi connectivity index (χ1n) is 16.7. The predicted molar refractivity (Wildman–Crippen MR) is 167 cm³/mol. The van der Waals surface area contributed by atoms with E-state index in [-0.39, 0.29) is 12.6 Å². The first-order valence-corrected chi connectivity index (χ1v) is 16.7. The minimum Gasteiger partial charge on any atom is -0.494 e. The molecule has 0 saturated carbocycles. The molecule has 234 valence electrons. The average molecular weight is 583 g/mol. The highest BCUT2D eigenvalue weighted by Crippen LogP contribution is 2.19. The van der Waals surface area contributed by atoms with E-state index < -0.39 is 0 Å². The molecule has 0 aliphatic carbocycles. The van der Waals surface area contributed by atoms with Crippen LogP contribution in [0.4, 0.5) is 0 Å². The van der Waals surface area contributed by atoms with Crippen LogP contribution in [0.3, 0.4) is 0 Å². The molecule has 0 N–H and O–H groups in total. The summed E-state index contributed by atoms with van der Waals surface area (Å²) in [6.45, 7) is 4.85. The maximum atomic E-state index is 5.95. The molecule has 0 aromatic heterocycles. The Morgan fingerprint density at radius 2 is 0.881 bits per heavy atom. The highest BCUT2D eigenvalue weighted by atomic mass is 16.7. The lowest BCUT2D eigenvalue weighted by atomic mass is 10.0. The van der Waals surface area contributed by atoms with Crippen molar-refractivity contribution in [1.29, 1.82) is 0 Å². The average Bonchev–Trinajstić information content (AvgIpc) is 3.04. The molecule has 2 aromatic rings. The van der Waals surface area contributed by atoms with E-state index in [9.17, 15) is 0 Å². The Balaban J connectivity index is 0.967. The second-order valence-electron chi connectivity index (χ2n) is 11.6. The van der Waals surface area contributed by atoms with E-state index in [0.717, 1.165) is 103 Å². The van der Waals surface area contributed by atoms with E-state index in [2.05, 4.69) is 48.5 Å². The van der Waals surface area contributed by atoms with Gasteiger partial charge < -0.3 is 28.4 Å². The lowest BCUT2D eigenvalue weighted by Gasteiger charge is -2.22. The van der Waals surface area contributed by atoms with Gasteiger partial charge in [-0.2, -0.15) is 0 Å². The summed E-state index contributed by atoms with van der Waals surface area (Å²) >= 11 is 0. The largest absolute Gasteiger partial charge is 0.494 e. The molecule has 2 unspecified atom stereocenters. The predicted octanol–water partition coefficient (Wildman–Crippen LogP) is 8.44. The third-order valence-corrected chi connectivity index (χ3v) is 8.05. The molecule has 2 saturated heterocycles. The van der Waals surface area contributed by atoms with Crippen molar-refractivity contribution in [3.63, 3.8) is 0 Å². The molecule has 2 fully saturated rings. The van der Waals surface area contributed by atoms with Gasteiger partial charge in [0.1, 0.15) is 11.5 Å². The van der Waals surface area contributed by atoms with Gasteiger partial charge in [-0.05, 0) is 125 Å². The fourth-order valence-electron chi connectivity index (χ4n) is 5.40. The van der Waals surface area contributed by atoms with Crippen molar-refractivity contribution in [3.05, 3.63) is 59.7 Å². The molecule has 0 radical (unpaired) electrons. The zero-order valence-corrected chi connectivity index (χ0v) is 25.8. The van der Waals surface area contributed by atoms with Crippen LogP contribution in [0, 0.1) is 0 Å². The molecule has 0 amide bonds. The van der Waals surface area contributed by atoms with Gasteiger partial charge in [-0.25, -0.2) is 0 Å². The van der Waals surface area contributed by atoms with Gasteiger partial charge in [-0.1, -0.05) is 37.1 Å². The van der Waals surface area contributed by atoms with Gasteiger partial charge >= 0.3 is 0 Å². The van der Waals surface area contributed by atoms with Gasteiger partial charge in [0.15, 0.2) is 12.6 Å². The van der Waals surface area contributed by atoms with E-state index in [1.165, 1.54) is 62.5 Å². The number of rotatable bonds is 21. The normalized spacial score (nSPS) is 19.0. The Hall–Kier alpha value is -2.12. The molecule has 2 aliphatic heterocycles. The lowest BCUT2D eigenvalue weighted by molar-refractivity contribution is -0.163. The molecule has 4 rings (SSSR count). The maximum Gasteiger partial charge on any atom is 0.157 e. The summed E-state index contributed by atoms with van der Waals surface area (Å²) in [5, 5.41) is 0. The topological polar surface area (TPSA) is 55.4 Å². The third-order valence-electron chi connectivity index (χ3n) is 8.05. The fourth-order valence-corrected chi connectivity index (χ4v) is 5.40. The van der Waals surface area contributed by atoms with Crippen molar-refractivity contribution >= 4 is 0 Å². The van der Waals surface area contributed by atoms with Crippen LogP contribution in [0.2, 0.25) is 0 Å². The fraction of sp³-hybridized carbons (Fsp3) is 0.667. The quantitative estimate of drug-likeness (QED) is 0.138. The first-order chi connectivity index (χ1) is 20.8. The van der Waals surface area contributed by atoms with E-state index in [0.29, 0.717) is 0 Å². The van der Waals surface area contributed by atoms with Crippen LogP contribution in [0.5, 0.6) is 11.5 Å². The van der Waals surface area contributed by atoms with Crippen LogP contribution in [-0.4, -0.2) is 52.2 Å². The second kappa shape index (κ2) is 20.7. The van der Waals surface area contributed by atoms with Crippen LogP contribution in [-0.2, 0) is 31.8 Å². The molecule has 6 nitrogen and oxygen atoms in total. The summed E-state index contributed by atoms with van der Waals surface area (Å²) in [7, 11) is 0. The molecular weight excluding hydrogens is 528 g/mol. The number of hydrogen-bond acceptors (Lipinski definition) is 6. The molecular formula is C36H54O6. The summed E-state index contributed by atoms with van der Waals surface area (Å²) in [6, 6.07) is 17.2. The minimum atomic E-state index is 0.0362.